The van der Waals surface area contributed by atoms with Gasteiger partial charge >= 0.3 is 6.01 Å². The van der Waals surface area contributed by atoms with Crippen molar-refractivity contribution < 1.29 is 18.4 Å². The zero-order valence-electron chi connectivity index (χ0n) is 17.4. The maximum atomic E-state index is 13.4. The van der Waals surface area contributed by atoms with Crippen molar-refractivity contribution >= 4 is 17.3 Å². The van der Waals surface area contributed by atoms with E-state index in [1.54, 1.807) is 11.1 Å². The van der Waals surface area contributed by atoms with E-state index in [1.165, 1.54) is 0 Å². The summed E-state index contributed by atoms with van der Waals surface area (Å²) in [5, 5.41) is 17.9. The first-order chi connectivity index (χ1) is 15.4. The average molecular weight is 440 g/mol. The van der Waals surface area contributed by atoms with Crippen LogP contribution in [0.15, 0.2) is 53.3 Å². The SMILES string of the molecule is Cc1ccc(-c2noc(N3CCC(F)(F)CC3)n2)cc1NC(O)c1cnc2ccccn12. The lowest BCUT2D eigenvalue weighted by Gasteiger charge is -2.29. The molecule has 4 aromatic rings. The Hall–Kier alpha value is -3.53. The smallest absolute Gasteiger partial charge is 0.324 e. The van der Waals surface area contributed by atoms with Crippen molar-refractivity contribution in [3.05, 3.63) is 60.0 Å². The molecule has 0 aliphatic carbocycles. The van der Waals surface area contributed by atoms with Gasteiger partial charge in [-0.15, -0.1) is 0 Å². The van der Waals surface area contributed by atoms with Gasteiger partial charge in [0.25, 0.3) is 5.92 Å². The second-order valence-electron chi connectivity index (χ2n) is 7.93. The highest BCUT2D eigenvalue weighted by Gasteiger charge is 2.35. The lowest BCUT2D eigenvalue weighted by Crippen LogP contribution is -2.39. The number of fused-ring (bicyclic) bond motifs is 1. The number of aliphatic hydroxyl groups excluding tert-OH is 1. The number of aromatic nitrogens is 4. The zero-order chi connectivity index (χ0) is 22.3. The summed E-state index contributed by atoms with van der Waals surface area (Å²) in [5.41, 5.74) is 3.65. The van der Waals surface area contributed by atoms with Gasteiger partial charge in [-0.2, -0.15) is 4.98 Å². The zero-order valence-corrected chi connectivity index (χ0v) is 17.4. The number of halogens is 2. The van der Waals surface area contributed by atoms with Gasteiger partial charge in [-0.05, 0) is 30.7 Å². The molecule has 1 aromatic carbocycles. The number of nitrogens with zero attached hydrogens (tertiary/aromatic N) is 5. The van der Waals surface area contributed by atoms with Gasteiger partial charge in [0.1, 0.15) is 5.65 Å². The minimum Gasteiger partial charge on any atom is -0.368 e. The molecule has 0 saturated carbocycles. The first kappa shape index (κ1) is 20.4. The minimum atomic E-state index is -2.64. The normalized spacial score (nSPS) is 16.9. The third-order valence-electron chi connectivity index (χ3n) is 5.69. The number of nitrogens with one attached hydrogen (secondary N) is 1. The van der Waals surface area contributed by atoms with E-state index < -0.39 is 12.2 Å². The average Bonchev–Trinajstić information content (AvgIpc) is 3.43. The lowest BCUT2D eigenvalue weighted by molar-refractivity contribution is -0.0227. The summed E-state index contributed by atoms with van der Waals surface area (Å²) in [7, 11) is 0. The Morgan fingerprint density at radius 1 is 1.19 bits per heavy atom. The third-order valence-corrected chi connectivity index (χ3v) is 5.69. The molecular formula is C22H22F2N6O2. The highest BCUT2D eigenvalue weighted by atomic mass is 19.3. The fourth-order valence-electron chi connectivity index (χ4n) is 3.78. The van der Waals surface area contributed by atoms with Crippen LogP contribution in [0.5, 0.6) is 0 Å². The summed E-state index contributed by atoms with van der Waals surface area (Å²) < 4.78 is 34.0. The molecule has 1 aliphatic heterocycles. The quantitative estimate of drug-likeness (QED) is 0.453. The molecule has 4 heterocycles. The number of hydrogen-bond acceptors (Lipinski definition) is 7. The summed E-state index contributed by atoms with van der Waals surface area (Å²) in [6, 6.07) is 11.4. The molecule has 0 radical (unpaired) electrons. The fourth-order valence-corrected chi connectivity index (χ4v) is 3.78. The van der Waals surface area contributed by atoms with E-state index >= 15 is 0 Å². The lowest BCUT2D eigenvalue weighted by atomic mass is 10.1. The Labute approximate surface area is 182 Å². The summed E-state index contributed by atoms with van der Waals surface area (Å²) in [6.45, 7) is 2.25. The number of anilines is 2. The van der Waals surface area contributed by atoms with Crippen LogP contribution >= 0.6 is 0 Å². The topological polar surface area (TPSA) is 91.7 Å². The van der Waals surface area contributed by atoms with E-state index in [-0.39, 0.29) is 31.9 Å². The summed E-state index contributed by atoms with van der Waals surface area (Å²) in [4.78, 5) is 10.4. The van der Waals surface area contributed by atoms with Crippen molar-refractivity contribution in [2.75, 3.05) is 23.3 Å². The molecule has 10 heteroatoms. The number of rotatable bonds is 5. The molecule has 8 nitrogen and oxygen atoms in total. The fraction of sp³-hybridized carbons (Fsp3) is 0.318. The first-order valence-electron chi connectivity index (χ1n) is 10.3. The minimum absolute atomic E-state index is 0.167. The number of hydrogen-bond donors (Lipinski definition) is 2. The van der Waals surface area contributed by atoms with E-state index in [0.717, 1.165) is 11.2 Å². The molecule has 0 bridgehead atoms. The van der Waals surface area contributed by atoms with Crippen LogP contribution in [-0.4, -0.2) is 43.6 Å². The van der Waals surface area contributed by atoms with Crippen LogP contribution in [-0.2, 0) is 0 Å². The molecule has 2 N–H and O–H groups in total. The van der Waals surface area contributed by atoms with Gasteiger partial charge in [0.2, 0.25) is 5.82 Å². The van der Waals surface area contributed by atoms with Gasteiger partial charge in [0.05, 0.1) is 11.9 Å². The molecule has 3 aromatic heterocycles. The summed E-state index contributed by atoms with van der Waals surface area (Å²) in [6.07, 6.45) is 2.01. The Balaban J connectivity index is 1.36. The van der Waals surface area contributed by atoms with Crippen molar-refractivity contribution in [1.82, 2.24) is 19.5 Å². The van der Waals surface area contributed by atoms with Crippen molar-refractivity contribution in [3.63, 3.8) is 0 Å². The van der Waals surface area contributed by atoms with Crippen molar-refractivity contribution in [2.45, 2.75) is 31.9 Å². The first-order valence-corrected chi connectivity index (χ1v) is 10.3. The molecule has 1 fully saturated rings. The van der Waals surface area contributed by atoms with Gasteiger partial charge in [-0.25, -0.2) is 13.8 Å². The molecule has 166 valence electrons. The van der Waals surface area contributed by atoms with Gasteiger partial charge in [-0.1, -0.05) is 23.4 Å². The van der Waals surface area contributed by atoms with Gasteiger partial charge in [0, 0.05) is 43.4 Å². The van der Waals surface area contributed by atoms with Crippen molar-refractivity contribution in [3.8, 4) is 11.4 Å². The Morgan fingerprint density at radius 2 is 2.00 bits per heavy atom. The number of imidazole rings is 1. The van der Waals surface area contributed by atoms with Gasteiger partial charge in [-0.3, -0.25) is 4.40 Å². The van der Waals surface area contributed by atoms with Crippen LogP contribution in [0.4, 0.5) is 20.5 Å². The molecule has 32 heavy (non-hydrogen) atoms. The maximum absolute atomic E-state index is 13.4. The molecule has 1 atom stereocenters. The molecule has 0 spiro atoms. The molecule has 1 aliphatic rings. The highest BCUT2D eigenvalue weighted by Crippen LogP contribution is 2.31. The van der Waals surface area contributed by atoms with Crippen molar-refractivity contribution in [2.24, 2.45) is 0 Å². The van der Waals surface area contributed by atoms with Crippen LogP contribution in [0, 0.1) is 6.92 Å². The largest absolute Gasteiger partial charge is 0.368 e. The van der Waals surface area contributed by atoms with E-state index in [9.17, 15) is 13.9 Å². The number of alkyl halides is 2. The van der Waals surface area contributed by atoms with Crippen LogP contribution in [0.1, 0.15) is 30.3 Å². The van der Waals surface area contributed by atoms with Crippen molar-refractivity contribution in [1.29, 1.82) is 0 Å². The van der Waals surface area contributed by atoms with E-state index in [4.69, 9.17) is 4.52 Å². The molecule has 0 amide bonds. The van der Waals surface area contributed by atoms with Gasteiger partial charge in [0.15, 0.2) is 6.23 Å². The van der Waals surface area contributed by atoms with Crippen LogP contribution in [0.3, 0.4) is 0 Å². The number of piperidine rings is 1. The summed E-state index contributed by atoms with van der Waals surface area (Å²) in [5.74, 6) is -2.29. The third kappa shape index (κ3) is 3.89. The van der Waals surface area contributed by atoms with Crippen LogP contribution in [0.2, 0.25) is 0 Å². The standard InChI is InChI=1S/C22H22F2N6O2/c1-14-5-6-15(19-27-21(32-28-19)29-10-7-22(23,24)8-11-29)12-16(14)26-20(31)17-13-25-18-4-2-3-9-30(17)18/h2-6,9,12-13,20,26,31H,7-8,10-11H2,1H3. The van der Waals surface area contributed by atoms with Crippen LogP contribution in [0.25, 0.3) is 17.0 Å². The second kappa shape index (κ2) is 7.86. The van der Waals surface area contributed by atoms with Crippen LogP contribution < -0.4 is 10.2 Å². The maximum Gasteiger partial charge on any atom is 0.324 e. The predicted molar refractivity (Wildman–Crippen MR) is 115 cm³/mol. The Kier molecular flexibility index (Phi) is 5.01. The number of aliphatic hydroxyl groups is 1. The highest BCUT2D eigenvalue weighted by molar-refractivity contribution is 5.66. The molecule has 1 saturated heterocycles. The van der Waals surface area contributed by atoms with E-state index in [2.05, 4.69) is 20.4 Å². The Morgan fingerprint density at radius 3 is 2.81 bits per heavy atom. The van der Waals surface area contributed by atoms with E-state index in [0.29, 0.717) is 22.8 Å². The number of benzene rings is 1. The summed E-state index contributed by atoms with van der Waals surface area (Å²) >= 11 is 0. The molecular weight excluding hydrogens is 418 g/mol. The monoisotopic (exact) mass is 440 g/mol. The number of pyridine rings is 1. The van der Waals surface area contributed by atoms with Gasteiger partial charge < -0.3 is 19.8 Å². The number of aryl methyl sites for hydroxylation is 1. The molecule has 1 unspecified atom stereocenters. The molecule has 5 rings (SSSR count). The Bertz CT molecular complexity index is 1240. The second-order valence-corrected chi connectivity index (χ2v) is 7.93. The predicted octanol–water partition coefficient (Wildman–Crippen LogP) is 4.03. The van der Waals surface area contributed by atoms with E-state index in [1.807, 2.05) is 53.9 Å².